The average Bonchev–Trinajstić information content (AvgIpc) is 2.89. The van der Waals surface area contributed by atoms with Crippen LogP contribution in [-0.4, -0.2) is 21.2 Å². The smallest absolute Gasteiger partial charge is 0.224 e. The fraction of sp³-hybridized carbons (Fsp3) is 0.211. The lowest BCUT2D eigenvalue weighted by Crippen LogP contribution is -2.13. The molecule has 2 N–H and O–H groups in total. The van der Waals surface area contributed by atoms with Crippen LogP contribution in [0.4, 0.5) is 11.4 Å². The summed E-state index contributed by atoms with van der Waals surface area (Å²) in [6.07, 6.45) is 2.95. The van der Waals surface area contributed by atoms with E-state index in [4.69, 9.17) is 0 Å². The number of amides is 2. The predicted molar refractivity (Wildman–Crippen MR) is 97.6 cm³/mol. The number of hydrogen-bond acceptors (Lipinski definition) is 3. The standard InChI is InChI=1S/C19H20N4O2/c1-13-17(23-12-4-3-5-18(23)20-13)10-11-19(25)22-16-8-6-15(7-9-16)21-14(2)24/h3-9,12H,10-11H2,1-2H3,(H,21,24)(H,22,25). The molecule has 3 aromatic rings. The highest BCUT2D eigenvalue weighted by Gasteiger charge is 2.10. The Kier molecular flexibility index (Phi) is 4.79. The number of benzene rings is 1. The van der Waals surface area contributed by atoms with Crippen LogP contribution in [0.3, 0.4) is 0 Å². The molecule has 1 aromatic carbocycles. The first-order valence-corrected chi connectivity index (χ1v) is 8.13. The number of pyridine rings is 1. The molecule has 0 saturated heterocycles. The summed E-state index contributed by atoms with van der Waals surface area (Å²) in [5, 5.41) is 5.56. The van der Waals surface area contributed by atoms with Gasteiger partial charge >= 0.3 is 0 Å². The molecule has 0 radical (unpaired) electrons. The number of aryl methyl sites for hydroxylation is 2. The van der Waals surface area contributed by atoms with Gasteiger partial charge in [0.15, 0.2) is 0 Å². The third kappa shape index (κ3) is 4.03. The molecule has 0 fully saturated rings. The van der Waals surface area contributed by atoms with Crippen LogP contribution in [0.15, 0.2) is 48.7 Å². The number of hydrogen-bond donors (Lipinski definition) is 2. The van der Waals surface area contributed by atoms with Gasteiger partial charge in [-0.05, 0) is 49.7 Å². The molecule has 2 aromatic heterocycles. The topological polar surface area (TPSA) is 75.5 Å². The van der Waals surface area contributed by atoms with Crippen molar-refractivity contribution in [1.82, 2.24) is 9.38 Å². The van der Waals surface area contributed by atoms with Crippen molar-refractivity contribution < 1.29 is 9.59 Å². The predicted octanol–water partition coefficient (Wildman–Crippen LogP) is 3.17. The van der Waals surface area contributed by atoms with E-state index in [0.29, 0.717) is 24.2 Å². The molecule has 0 aliphatic rings. The number of carbonyl (C=O) groups excluding carboxylic acids is 2. The van der Waals surface area contributed by atoms with E-state index in [0.717, 1.165) is 17.0 Å². The second kappa shape index (κ2) is 7.17. The molecule has 0 spiro atoms. The van der Waals surface area contributed by atoms with E-state index >= 15 is 0 Å². The summed E-state index contributed by atoms with van der Waals surface area (Å²) in [6.45, 7) is 3.42. The second-order valence-electron chi connectivity index (χ2n) is 5.88. The van der Waals surface area contributed by atoms with Crippen LogP contribution in [0.5, 0.6) is 0 Å². The zero-order valence-electron chi connectivity index (χ0n) is 14.2. The van der Waals surface area contributed by atoms with Gasteiger partial charge in [0.1, 0.15) is 5.65 Å². The quantitative estimate of drug-likeness (QED) is 0.751. The molecule has 0 bridgehead atoms. The van der Waals surface area contributed by atoms with Crippen LogP contribution in [-0.2, 0) is 16.0 Å². The second-order valence-corrected chi connectivity index (χ2v) is 5.88. The maximum Gasteiger partial charge on any atom is 0.224 e. The third-order valence-corrected chi connectivity index (χ3v) is 3.91. The Balaban J connectivity index is 1.61. The van der Waals surface area contributed by atoms with Gasteiger partial charge in [0.25, 0.3) is 0 Å². The van der Waals surface area contributed by atoms with Crippen LogP contribution < -0.4 is 10.6 Å². The van der Waals surface area contributed by atoms with Gasteiger partial charge in [-0.15, -0.1) is 0 Å². The number of fused-ring (bicyclic) bond motifs is 1. The summed E-state index contributed by atoms with van der Waals surface area (Å²) in [5.74, 6) is -0.183. The van der Waals surface area contributed by atoms with E-state index in [2.05, 4.69) is 15.6 Å². The van der Waals surface area contributed by atoms with Crippen molar-refractivity contribution in [2.75, 3.05) is 10.6 Å². The zero-order chi connectivity index (χ0) is 17.8. The number of anilines is 2. The molecular weight excluding hydrogens is 316 g/mol. The highest BCUT2D eigenvalue weighted by Crippen LogP contribution is 2.16. The Hall–Kier alpha value is -3.15. The van der Waals surface area contributed by atoms with Crippen molar-refractivity contribution >= 4 is 28.8 Å². The number of carbonyl (C=O) groups is 2. The van der Waals surface area contributed by atoms with Gasteiger partial charge in [0, 0.05) is 36.6 Å². The molecule has 0 unspecified atom stereocenters. The van der Waals surface area contributed by atoms with E-state index < -0.39 is 0 Å². The monoisotopic (exact) mass is 336 g/mol. The number of rotatable bonds is 5. The Morgan fingerprint density at radius 1 is 1.04 bits per heavy atom. The molecule has 128 valence electrons. The number of nitrogens with one attached hydrogen (secondary N) is 2. The van der Waals surface area contributed by atoms with Crippen LogP contribution >= 0.6 is 0 Å². The minimum absolute atomic E-state index is 0.0578. The molecule has 6 heteroatoms. The molecule has 2 heterocycles. The van der Waals surface area contributed by atoms with Gasteiger partial charge in [-0.3, -0.25) is 9.59 Å². The van der Waals surface area contributed by atoms with E-state index in [1.54, 1.807) is 24.3 Å². The van der Waals surface area contributed by atoms with Gasteiger partial charge in [0.05, 0.1) is 5.69 Å². The van der Waals surface area contributed by atoms with Crippen molar-refractivity contribution in [1.29, 1.82) is 0 Å². The third-order valence-electron chi connectivity index (χ3n) is 3.91. The normalized spacial score (nSPS) is 10.6. The first-order valence-electron chi connectivity index (χ1n) is 8.13. The van der Waals surface area contributed by atoms with Crippen molar-refractivity contribution in [3.05, 3.63) is 60.0 Å². The highest BCUT2D eigenvalue weighted by atomic mass is 16.2. The van der Waals surface area contributed by atoms with Crippen LogP contribution in [0.1, 0.15) is 24.7 Å². The minimum atomic E-state index is -0.125. The van der Waals surface area contributed by atoms with Gasteiger partial charge < -0.3 is 15.0 Å². The molecule has 0 aliphatic carbocycles. The van der Waals surface area contributed by atoms with E-state index in [-0.39, 0.29) is 11.8 Å². The summed E-state index contributed by atoms with van der Waals surface area (Å²) in [4.78, 5) is 27.7. The fourth-order valence-corrected chi connectivity index (χ4v) is 2.76. The van der Waals surface area contributed by atoms with Crippen LogP contribution in [0, 0.1) is 6.92 Å². The molecule has 6 nitrogen and oxygen atoms in total. The van der Waals surface area contributed by atoms with Crippen LogP contribution in [0.25, 0.3) is 5.65 Å². The van der Waals surface area contributed by atoms with Gasteiger partial charge in [-0.25, -0.2) is 4.98 Å². The number of imidazole rings is 1. The molecule has 0 aliphatic heterocycles. The summed E-state index contributed by atoms with van der Waals surface area (Å²) < 4.78 is 2.02. The SMILES string of the molecule is CC(=O)Nc1ccc(NC(=O)CCc2c(C)nc3ccccn23)cc1. The summed E-state index contributed by atoms with van der Waals surface area (Å²) >= 11 is 0. The molecular formula is C19H20N4O2. The molecule has 25 heavy (non-hydrogen) atoms. The Morgan fingerprint density at radius 2 is 1.72 bits per heavy atom. The first kappa shape index (κ1) is 16.7. The lowest BCUT2D eigenvalue weighted by atomic mass is 10.2. The molecule has 0 saturated carbocycles. The van der Waals surface area contributed by atoms with E-state index in [1.165, 1.54) is 6.92 Å². The highest BCUT2D eigenvalue weighted by molar-refractivity contribution is 5.92. The first-order chi connectivity index (χ1) is 12.0. The Labute approximate surface area is 145 Å². The van der Waals surface area contributed by atoms with Crippen molar-refractivity contribution in [2.45, 2.75) is 26.7 Å². The van der Waals surface area contributed by atoms with Crippen molar-refractivity contribution in [3.8, 4) is 0 Å². The zero-order valence-corrected chi connectivity index (χ0v) is 14.2. The average molecular weight is 336 g/mol. The molecule has 3 rings (SSSR count). The maximum absolute atomic E-state index is 12.2. The summed E-state index contributed by atoms with van der Waals surface area (Å²) in [5.41, 5.74) is 4.29. The van der Waals surface area contributed by atoms with E-state index in [9.17, 15) is 9.59 Å². The molecule has 2 amide bonds. The Morgan fingerprint density at radius 3 is 2.40 bits per heavy atom. The van der Waals surface area contributed by atoms with Crippen LogP contribution in [0.2, 0.25) is 0 Å². The lowest BCUT2D eigenvalue weighted by molar-refractivity contribution is -0.116. The van der Waals surface area contributed by atoms with Crippen molar-refractivity contribution in [2.24, 2.45) is 0 Å². The number of aromatic nitrogens is 2. The minimum Gasteiger partial charge on any atom is -0.326 e. The Bertz CT molecular complexity index is 913. The molecule has 0 atom stereocenters. The van der Waals surface area contributed by atoms with Gasteiger partial charge in [0.2, 0.25) is 11.8 Å². The van der Waals surface area contributed by atoms with Gasteiger partial charge in [-0.1, -0.05) is 6.07 Å². The number of nitrogens with zero attached hydrogens (tertiary/aromatic N) is 2. The summed E-state index contributed by atoms with van der Waals surface area (Å²) in [7, 11) is 0. The van der Waals surface area contributed by atoms with E-state index in [1.807, 2.05) is 35.7 Å². The van der Waals surface area contributed by atoms with Gasteiger partial charge in [-0.2, -0.15) is 0 Å². The lowest BCUT2D eigenvalue weighted by Gasteiger charge is -2.07. The van der Waals surface area contributed by atoms with Crippen molar-refractivity contribution in [3.63, 3.8) is 0 Å². The largest absolute Gasteiger partial charge is 0.326 e. The fourth-order valence-electron chi connectivity index (χ4n) is 2.76. The summed E-state index contributed by atoms with van der Waals surface area (Å²) in [6, 6.07) is 12.9. The maximum atomic E-state index is 12.2.